The highest BCUT2D eigenvalue weighted by atomic mass is 35.5. The molecular formula is C37H29ClFN3O4S. The van der Waals surface area contributed by atoms with Crippen molar-refractivity contribution < 1.29 is 23.5 Å². The zero-order valence-corrected chi connectivity index (χ0v) is 26.6. The highest BCUT2D eigenvalue weighted by Gasteiger charge is 2.23. The van der Waals surface area contributed by atoms with E-state index in [1.807, 2.05) is 36.4 Å². The number of rotatable bonds is 11. The van der Waals surface area contributed by atoms with Gasteiger partial charge in [-0.2, -0.15) is 0 Å². The van der Waals surface area contributed by atoms with Gasteiger partial charge in [-0.15, -0.1) is 11.8 Å². The van der Waals surface area contributed by atoms with Gasteiger partial charge in [0.15, 0.2) is 0 Å². The fourth-order valence-corrected chi connectivity index (χ4v) is 5.81. The number of ether oxygens (including phenoxy) is 1. The van der Waals surface area contributed by atoms with Crippen molar-refractivity contribution in [3.63, 3.8) is 0 Å². The Hall–Kier alpha value is -5.38. The third kappa shape index (κ3) is 8.88. The number of benzene rings is 5. The van der Waals surface area contributed by atoms with Crippen LogP contribution in [0.25, 0.3) is 6.08 Å². The first-order valence-electron chi connectivity index (χ1n) is 14.4. The van der Waals surface area contributed by atoms with Gasteiger partial charge in [0.25, 0.3) is 11.8 Å². The van der Waals surface area contributed by atoms with E-state index < -0.39 is 22.9 Å². The summed E-state index contributed by atoms with van der Waals surface area (Å²) in [6, 6.07) is 35.9. The van der Waals surface area contributed by atoms with Crippen LogP contribution < -0.4 is 20.7 Å². The van der Waals surface area contributed by atoms with Gasteiger partial charge in [0, 0.05) is 27.4 Å². The van der Waals surface area contributed by atoms with Gasteiger partial charge in [-0.3, -0.25) is 14.4 Å². The monoisotopic (exact) mass is 665 g/mol. The third-order valence-electron chi connectivity index (χ3n) is 6.84. The summed E-state index contributed by atoms with van der Waals surface area (Å²) in [5.41, 5.74) is 2.52. The molecule has 0 aliphatic rings. The average molecular weight is 666 g/mol. The van der Waals surface area contributed by atoms with Crippen molar-refractivity contribution in [2.45, 2.75) is 10.1 Å². The molecule has 0 saturated carbocycles. The van der Waals surface area contributed by atoms with Crippen LogP contribution in [-0.4, -0.2) is 24.8 Å². The number of thioether (sulfide) groups is 1. The Morgan fingerprint density at radius 2 is 1.47 bits per heavy atom. The lowest BCUT2D eigenvalue weighted by atomic mass is 10.1. The summed E-state index contributed by atoms with van der Waals surface area (Å²) < 4.78 is 19.1. The molecule has 0 spiro atoms. The van der Waals surface area contributed by atoms with Gasteiger partial charge in [0.2, 0.25) is 5.91 Å². The van der Waals surface area contributed by atoms with E-state index in [9.17, 15) is 18.8 Å². The van der Waals surface area contributed by atoms with Gasteiger partial charge >= 0.3 is 0 Å². The predicted molar refractivity (Wildman–Crippen MR) is 185 cm³/mol. The molecule has 0 aromatic heterocycles. The van der Waals surface area contributed by atoms with Crippen LogP contribution in [0.3, 0.4) is 0 Å². The van der Waals surface area contributed by atoms with Crippen molar-refractivity contribution >= 4 is 58.5 Å². The molecular weight excluding hydrogens is 637 g/mol. The standard InChI is InChI=1S/C37H29ClFN3O4S/c1-46-33-18-9-8-15-26(33)21-32(42-35(43)25-13-6-3-7-14-25)36(44)40-27-16-10-17-29(22-27)47-34(24-11-4-2-5-12-24)37(45)41-28-19-20-31(39)30(38)23-28/h2-23,34H,1H3,(H,40,44)(H,41,45)(H,42,43)/b32-21+. The number of para-hydroxylation sites is 1. The van der Waals surface area contributed by atoms with E-state index in [-0.39, 0.29) is 16.6 Å². The fraction of sp³-hybridized carbons (Fsp3) is 0.0541. The molecule has 3 amide bonds. The highest BCUT2D eigenvalue weighted by molar-refractivity contribution is 8.00. The van der Waals surface area contributed by atoms with Crippen LogP contribution in [0.15, 0.2) is 138 Å². The van der Waals surface area contributed by atoms with Crippen LogP contribution in [0.2, 0.25) is 5.02 Å². The quantitative estimate of drug-likeness (QED) is 0.0973. The third-order valence-corrected chi connectivity index (χ3v) is 8.38. The smallest absolute Gasteiger partial charge is 0.272 e. The SMILES string of the molecule is COc1ccccc1/C=C(/NC(=O)c1ccccc1)C(=O)Nc1cccc(SC(C(=O)Nc2ccc(F)c(Cl)c2)c2ccccc2)c1. The number of amides is 3. The number of carbonyl (C=O) groups excluding carboxylic acids is 3. The van der Waals surface area contributed by atoms with Crippen molar-refractivity contribution in [1.29, 1.82) is 0 Å². The summed E-state index contributed by atoms with van der Waals surface area (Å²) in [6.07, 6.45) is 1.55. The van der Waals surface area contributed by atoms with Gasteiger partial charge in [-0.05, 0) is 66.2 Å². The predicted octanol–water partition coefficient (Wildman–Crippen LogP) is 8.37. The second-order valence-corrected chi connectivity index (χ2v) is 11.7. The van der Waals surface area contributed by atoms with Crippen LogP contribution >= 0.6 is 23.4 Å². The molecule has 5 aromatic rings. The van der Waals surface area contributed by atoms with Crippen LogP contribution in [-0.2, 0) is 9.59 Å². The van der Waals surface area contributed by atoms with E-state index in [1.54, 1.807) is 78.9 Å². The normalized spacial score (nSPS) is 11.7. The van der Waals surface area contributed by atoms with E-state index in [0.717, 1.165) is 5.56 Å². The molecule has 0 saturated heterocycles. The average Bonchev–Trinajstić information content (AvgIpc) is 3.09. The van der Waals surface area contributed by atoms with E-state index >= 15 is 0 Å². The zero-order valence-electron chi connectivity index (χ0n) is 25.1. The van der Waals surface area contributed by atoms with Crippen LogP contribution in [0.1, 0.15) is 26.7 Å². The van der Waals surface area contributed by atoms with Gasteiger partial charge < -0.3 is 20.7 Å². The second kappa shape index (κ2) is 15.8. The van der Waals surface area contributed by atoms with E-state index in [4.69, 9.17) is 16.3 Å². The molecule has 1 atom stereocenters. The highest BCUT2D eigenvalue weighted by Crippen LogP contribution is 2.37. The Morgan fingerprint density at radius 3 is 2.19 bits per heavy atom. The van der Waals surface area contributed by atoms with E-state index in [2.05, 4.69) is 16.0 Å². The Kier molecular flexibility index (Phi) is 11.1. The number of halogens is 2. The molecule has 0 aliphatic heterocycles. The minimum absolute atomic E-state index is 0.000840. The molecule has 1 unspecified atom stereocenters. The Balaban J connectivity index is 1.39. The Bertz CT molecular complexity index is 1920. The largest absolute Gasteiger partial charge is 0.496 e. The van der Waals surface area contributed by atoms with Gasteiger partial charge in [-0.25, -0.2) is 4.39 Å². The molecule has 47 heavy (non-hydrogen) atoms. The zero-order chi connectivity index (χ0) is 33.2. The maximum Gasteiger partial charge on any atom is 0.272 e. The lowest BCUT2D eigenvalue weighted by molar-refractivity contribution is -0.116. The Morgan fingerprint density at radius 1 is 0.787 bits per heavy atom. The van der Waals surface area contributed by atoms with Gasteiger partial charge in [0.05, 0.1) is 12.1 Å². The van der Waals surface area contributed by atoms with Crippen LogP contribution in [0.5, 0.6) is 5.75 Å². The van der Waals surface area contributed by atoms with Crippen molar-refractivity contribution in [2.75, 3.05) is 17.7 Å². The summed E-state index contributed by atoms with van der Waals surface area (Å²) in [5, 5.41) is 7.61. The summed E-state index contributed by atoms with van der Waals surface area (Å²) in [5.74, 6) is -1.42. The minimum Gasteiger partial charge on any atom is -0.496 e. The fourth-order valence-electron chi connectivity index (χ4n) is 4.55. The van der Waals surface area contributed by atoms with Crippen molar-refractivity contribution in [3.8, 4) is 5.75 Å². The first-order chi connectivity index (χ1) is 22.8. The lowest BCUT2D eigenvalue weighted by Gasteiger charge is -2.18. The molecule has 7 nitrogen and oxygen atoms in total. The second-order valence-electron chi connectivity index (χ2n) is 10.1. The summed E-state index contributed by atoms with van der Waals surface area (Å²) >= 11 is 7.20. The topological polar surface area (TPSA) is 96.5 Å². The molecule has 0 bridgehead atoms. The molecule has 0 aliphatic carbocycles. The van der Waals surface area contributed by atoms with E-state index in [0.29, 0.717) is 33.1 Å². The number of carbonyl (C=O) groups is 3. The molecule has 5 rings (SSSR count). The lowest BCUT2D eigenvalue weighted by Crippen LogP contribution is -2.30. The Labute approximate surface area is 280 Å². The van der Waals surface area contributed by atoms with E-state index in [1.165, 1.54) is 37.1 Å². The molecule has 0 fully saturated rings. The molecule has 236 valence electrons. The number of methoxy groups -OCH3 is 1. The number of hydrogen-bond donors (Lipinski definition) is 3. The maximum absolute atomic E-state index is 13.7. The van der Waals surface area contributed by atoms with Crippen molar-refractivity contribution in [1.82, 2.24) is 5.32 Å². The summed E-state index contributed by atoms with van der Waals surface area (Å²) in [4.78, 5) is 40.9. The first kappa shape index (κ1) is 33.0. The number of nitrogens with one attached hydrogen (secondary N) is 3. The molecule has 0 radical (unpaired) electrons. The van der Waals surface area contributed by atoms with Crippen molar-refractivity contribution in [3.05, 3.63) is 161 Å². The summed E-state index contributed by atoms with van der Waals surface area (Å²) in [6.45, 7) is 0. The van der Waals surface area contributed by atoms with Gasteiger partial charge in [-0.1, -0.05) is 84.4 Å². The number of hydrogen-bond acceptors (Lipinski definition) is 5. The van der Waals surface area contributed by atoms with Gasteiger partial charge in [0.1, 0.15) is 22.5 Å². The summed E-state index contributed by atoms with van der Waals surface area (Å²) in [7, 11) is 1.52. The molecule has 0 heterocycles. The van der Waals surface area contributed by atoms with Crippen molar-refractivity contribution in [2.24, 2.45) is 0 Å². The number of anilines is 2. The molecule has 10 heteroatoms. The first-order valence-corrected chi connectivity index (χ1v) is 15.7. The van der Waals surface area contributed by atoms with Crippen LogP contribution in [0.4, 0.5) is 15.8 Å². The van der Waals surface area contributed by atoms with Crippen LogP contribution in [0, 0.1) is 5.82 Å². The maximum atomic E-state index is 13.7. The molecule has 5 aromatic carbocycles. The minimum atomic E-state index is -0.697. The molecule has 3 N–H and O–H groups in total.